The van der Waals surface area contributed by atoms with Crippen LogP contribution >= 0.6 is 12.4 Å². The van der Waals surface area contributed by atoms with E-state index in [4.69, 9.17) is 19.9 Å². The fraction of sp³-hybridized carbons (Fsp3) is 0.154. The van der Waals surface area contributed by atoms with E-state index in [1.54, 1.807) is 25.4 Å². The standard InChI is InChI=1S/C26H25N3O4.ClH/c1-31-17-32-15-18-6-9-21(10-7-18)33-16-19-4-2-3-5-22(19)26(30)29-20-8-11-25-23(14-20)24(27)12-13-28-25;/h2-14H,15-17H2,1H3,(H2,27,28)(H,29,30);1H. The zero-order chi connectivity index (χ0) is 23.0. The van der Waals surface area contributed by atoms with Gasteiger partial charge in [-0.1, -0.05) is 30.3 Å². The SMILES string of the molecule is COCOCc1ccc(OCc2ccccc2C(=O)Nc2ccc3nccc(N)c3c2)cc1.Cl. The number of fused-ring (bicyclic) bond motifs is 1. The Morgan fingerprint density at radius 3 is 2.59 bits per heavy atom. The van der Waals surface area contributed by atoms with Gasteiger partial charge in [-0.2, -0.15) is 0 Å². The van der Waals surface area contributed by atoms with E-state index in [1.807, 2.05) is 60.7 Å². The van der Waals surface area contributed by atoms with E-state index >= 15 is 0 Å². The molecule has 0 fully saturated rings. The van der Waals surface area contributed by atoms with Gasteiger partial charge in [-0.25, -0.2) is 0 Å². The maximum Gasteiger partial charge on any atom is 0.256 e. The second-order valence-corrected chi connectivity index (χ2v) is 7.43. The number of methoxy groups -OCH3 is 1. The number of nitrogens with two attached hydrogens (primary N) is 1. The summed E-state index contributed by atoms with van der Waals surface area (Å²) in [6.07, 6.45) is 1.66. The normalized spacial score (nSPS) is 10.5. The number of amides is 1. The van der Waals surface area contributed by atoms with Gasteiger partial charge in [-0.15, -0.1) is 12.4 Å². The van der Waals surface area contributed by atoms with Crippen molar-refractivity contribution in [3.63, 3.8) is 0 Å². The van der Waals surface area contributed by atoms with E-state index in [2.05, 4.69) is 10.3 Å². The molecule has 1 aromatic heterocycles. The number of benzene rings is 3. The zero-order valence-electron chi connectivity index (χ0n) is 18.7. The van der Waals surface area contributed by atoms with Crippen LogP contribution in [0.2, 0.25) is 0 Å². The third-order valence-electron chi connectivity index (χ3n) is 5.08. The van der Waals surface area contributed by atoms with Gasteiger partial charge in [0.2, 0.25) is 0 Å². The highest BCUT2D eigenvalue weighted by Crippen LogP contribution is 2.24. The minimum absolute atomic E-state index is 0. The number of halogens is 1. The van der Waals surface area contributed by atoms with Crippen LogP contribution in [0.15, 0.2) is 79.0 Å². The molecular weight excluding hydrogens is 454 g/mol. The van der Waals surface area contributed by atoms with Crippen LogP contribution in [0, 0.1) is 0 Å². The molecule has 4 rings (SSSR count). The summed E-state index contributed by atoms with van der Waals surface area (Å²) in [5.41, 5.74) is 10.4. The molecular formula is C26H26ClN3O4. The Morgan fingerprint density at radius 1 is 1.00 bits per heavy atom. The van der Waals surface area contributed by atoms with E-state index in [1.165, 1.54) is 0 Å². The smallest absolute Gasteiger partial charge is 0.256 e. The Labute approximate surface area is 204 Å². The van der Waals surface area contributed by atoms with Crippen LogP contribution in [0.4, 0.5) is 11.4 Å². The Hall–Kier alpha value is -3.65. The van der Waals surface area contributed by atoms with Crippen molar-refractivity contribution in [3.8, 4) is 5.75 Å². The molecule has 7 nitrogen and oxygen atoms in total. The molecule has 3 N–H and O–H groups in total. The molecule has 0 bridgehead atoms. The molecule has 0 radical (unpaired) electrons. The number of anilines is 2. The van der Waals surface area contributed by atoms with E-state index in [0.717, 1.165) is 22.0 Å². The predicted octanol–water partition coefficient (Wildman–Crippen LogP) is 5.19. The topological polar surface area (TPSA) is 95.7 Å². The van der Waals surface area contributed by atoms with Gasteiger partial charge < -0.3 is 25.3 Å². The second-order valence-electron chi connectivity index (χ2n) is 7.43. The second kappa shape index (κ2) is 12.0. The molecule has 1 amide bonds. The third kappa shape index (κ3) is 6.23. The number of rotatable bonds is 9. The number of ether oxygens (including phenoxy) is 3. The molecule has 1 heterocycles. The summed E-state index contributed by atoms with van der Waals surface area (Å²) in [5, 5.41) is 3.74. The van der Waals surface area contributed by atoms with Crippen molar-refractivity contribution in [2.75, 3.05) is 25.0 Å². The van der Waals surface area contributed by atoms with Gasteiger partial charge in [-0.3, -0.25) is 9.78 Å². The van der Waals surface area contributed by atoms with Gasteiger partial charge in [0.15, 0.2) is 0 Å². The molecule has 0 aliphatic rings. The van der Waals surface area contributed by atoms with Crippen molar-refractivity contribution in [2.45, 2.75) is 13.2 Å². The van der Waals surface area contributed by atoms with E-state index < -0.39 is 0 Å². The molecule has 8 heteroatoms. The lowest BCUT2D eigenvalue weighted by atomic mass is 10.1. The Bertz CT molecular complexity index is 1250. The highest BCUT2D eigenvalue weighted by Gasteiger charge is 2.12. The molecule has 0 aliphatic carbocycles. The maximum absolute atomic E-state index is 13.0. The van der Waals surface area contributed by atoms with Gasteiger partial charge in [0.25, 0.3) is 5.91 Å². The van der Waals surface area contributed by atoms with Gasteiger partial charge in [0.05, 0.1) is 12.1 Å². The van der Waals surface area contributed by atoms with E-state index in [9.17, 15) is 4.79 Å². The Morgan fingerprint density at radius 2 is 1.79 bits per heavy atom. The predicted molar refractivity (Wildman–Crippen MR) is 135 cm³/mol. The van der Waals surface area contributed by atoms with Crippen LogP contribution in [0.25, 0.3) is 10.9 Å². The van der Waals surface area contributed by atoms with Crippen molar-refractivity contribution in [1.82, 2.24) is 4.98 Å². The van der Waals surface area contributed by atoms with Gasteiger partial charge in [-0.05, 0) is 48.0 Å². The van der Waals surface area contributed by atoms with Crippen molar-refractivity contribution in [3.05, 3.63) is 95.7 Å². The number of aromatic nitrogens is 1. The number of hydrogen-bond acceptors (Lipinski definition) is 6. The summed E-state index contributed by atoms with van der Waals surface area (Å²) in [7, 11) is 1.59. The fourth-order valence-electron chi connectivity index (χ4n) is 3.40. The molecule has 0 aliphatic heterocycles. The summed E-state index contributed by atoms with van der Waals surface area (Å²) in [4.78, 5) is 17.3. The lowest BCUT2D eigenvalue weighted by Crippen LogP contribution is -2.15. The van der Waals surface area contributed by atoms with Crippen LogP contribution in [0.3, 0.4) is 0 Å². The average Bonchev–Trinajstić information content (AvgIpc) is 2.84. The number of nitrogens with one attached hydrogen (secondary N) is 1. The Kier molecular flexibility index (Phi) is 8.81. The van der Waals surface area contributed by atoms with Crippen molar-refractivity contribution in [1.29, 1.82) is 0 Å². The number of hydrogen-bond donors (Lipinski definition) is 2. The first kappa shape index (κ1) is 25.0. The van der Waals surface area contributed by atoms with Crippen LogP contribution in [-0.2, 0) is 22.7 Å². The highest BCUT2D eigenvalue weighted by atomic mass is 35.5. The average molecular weight is 480 g/mol. The first-order valence-electron chi connectivity index (χ1n) is 10.5. The summed E-state index contributed by atoms with van der Waals surface area (Å²) in [5.74, 6) is 0.486. The van der Waals surface area contributed by atoms with E-state index in [0.29, 0.717) is 29.3 Å². The fourth-order valence-corrected chi connectivity index (χ4v) is 3.40. The summed E-state index contributed by atoms with van der Waals surface area (Å²) in [6, 6.07) is 22.2. The quantitative estimate of drug-likeness (QED) is 0.253. The first-order chi connectivity index (χ1) is 16.1. The first-order valence-corrected chi connectivity index (χ1v) is 10.5. The number of carbonyl (C=O) groups excluding carboxylic acids is 1. The zero-order valence-corrected chi connectivity index (χ0v) is 19.5. The maximum atomic E-state index is 13.0. The molecule has 176 valence electrons. The van der Waals surface area contributed by atoms with Crippen LogP contribution in [0.1, 0.15) is 21.5 Å². The lowest BCUT2D eigenvalue weighted by molar-refractivity contribution is -0.0390. The Balaban J connectivity index is 0.00000324. The van der Waals surface area contributed by atoms with Crippen LogP contribution < -0.4 is 15.8 Å². The molecule has 3 aromatic carbocycles. The molecule has 34 heavy (non-hydrogen) atoms. The summed E-state index contributed by atoms with van der Waals surface area (Å²) >= 11 is 0. The van der Waals surface area contributed by atoms with Gasteiger partial charge >= 0.3 is 0 Å². The van der Waals surface area contributed by atoms with Gasteiger partial charge in [0.1, 0.15) is 19.1 Å². The summed E-state index contributed by atoms with van der Waals surface area (Å²) < 4.78 is 16.1. The molecule has 0 atom stereocenters. The molecule has 0 saturated heterocycles. The minimum atomic E-state index is -0.221. The monoisotopic (exact) mass is 479 g/mol. The molecule has 0 unspecified atom stereocenters. The highest BCUT2D eigenvalue weighted by molar-refractivity contribution is 6.06. The summed E-state index contributed by atoms with van der Waals surface area (Å²) in [6.45, 7) is 0.978. The molecule has 0 spiro atoms. The molecule has 0 saturated carbocycles. The van der Waals surface area contributed by atoms with Crippen molar-refractivity contribution in [2.24, 2.45) is 0 Å². The van der Waals surface area contributed by atoms with Gasteiger partial charge in [0, 0.05) is 41.2 Å². The van der Waals surface area contributed by atoms with Crippen molar-refractivity contribution < 1.29 is 19.0 Å². The van der Waals surface area contributed by atoms with Crippen molar-refractivity contribution >= 4 is 40.6 Å². The number of nitrogen functional groups attached to an aromatic ring is 1. The largest absolute Gasteiger partial charge is 0.489 e. The molecule has 4 aromatic rings. The van der Waals surface area contributed by atoms with Crippen LogP contribution in [0.5, 0.6) is 5.75 Å². The number of nitrogens with zero attached hydrogens (tertiary/aromatic N) is 1. The van der Waals surface area contributed by atoms with E-state index in [-0.39, 0.29) is 31.7 Å². The number of carbonyl (C=O) groups is 1. The third-order valence-corrected chi connectivity index (χ3v) is 5.08. The number of pyridine rings is 1. The lowest BCUT2D eigenvalue weighted by Gasteiger charge is -2.12. The minimum Gasteiger partial charge on any atom is -0.489 e. The van der Waals surface area contributed by atoms with Crippen LogP contribution in [-0.4, -0.2) is 24.8 Å².